The Morgan fingerprint density at radius 1 is 0.903 bits per heavy atom. The van der Waals surface area contributed by atoms with Crippen molar-refractivity contribution in [2.24, 2.45) is 0 Å². The molecule has 3 rings (SSSR count). The number of nitrogens with one attached hydrogen (secondary N) is 2. The third kappa shape index (κ3) is 6.96. The van der Waals surface area contributed by atoms with Gasteiger partial charge in [0.15, 0.2) is 0 Å². The molecule has 5 nitrogen and oxygen atoms in total. The second-order valence-corrected chi connectivity index (χ2v) is 7.97. The minimum Gasteiger partial charge on any atom is -0.493 e. The molecule has 2 N–H and O–H groups in total. The Hall–Kier alpha value is -3.12. The van der Waals surface area contributed by atoms with Crippen molar-refractivity contribution in [1.82, 2.24) is 0 Å². The van der Waals surface area contributed by atoms with Crippen LogP contribution in [0, 0.1) is 0 Å². The van der Waals surface area contributed by atoms with Crippen molar-refractivity contribution in [1.29, 1.82) is 0 Å². The van der Waals surface area contributed by atoms with E-state index in [9.17, 15) is 9.59 Å². The lowest BCUT2D eigenvalue weighted by atomic mass is 10.1. The molecule has 3 aromatic rings. The van der Waals surface area contributed by atoms with E-state index in [4.69, 9.17) is 4.74 Å². The third-order valence-corrected chi connectivity index (χ3v) is 5.05. The molecule has 0 radical (unpaired) electrons. The second-order valence-electron chi connectivity index (χ2n) is 7.05. The number of anilines is 2. The van der Waals surface area contributed by atoms with E-state index in [0.29, 0.717) is 42.1 Å². The summed E-state index contributed by atoms with van der Waals surface area (Å²) in [6, 6.07) is 22.3. The van der Waals surface area contributed by atoms with Crippen molar-refractivity contribution in [3.05, 3.63) is 88.4 Å². The van der Waals surface area contributed by atoms with Crippen LogP contribution in [-0.4, -0.2) is 18.4 Å². The van der Waals surface area contributed by atoms with Crippen molar-refractivity contribution in [2.45, 2.75) is 26.2 Å². The Morgan fingerprint density at radius 3 is 2.26 bits per heavy atom. The van der Waals surface area contributed by atoms with Crippen LogP contribution in [0.2, 0.25) is 0 Å². The molecule has 0 saturated heterocycles. The minimum atomic E-state index is -0.257. The maximum atomic E-state index is 12.8. The molecular formula is C25H25BrN2O3. The van der Waals surface area contributed by atoms with E-state index in [-0.39, 0.29) is 11.8 Å². The highest BCUT2D eigenvalue weighted by Gasteiger charge is 2.14. The average molecular weight is 481 g/mol. The van der Waals surface area contributed by atoms with Crippen LogP contribution in [0.5, 0.6) is 5.75 Å². The molecule has 3 aromatic carbocycles. The zero-order valence-electron chi connectivity index (χ0n) is 17.4. The molecule has 0 atom stereocenters. The number of carbonyl (C=O) groups excluding carboxylic acids is 2. The Labute approximate surface area is 191 Å². The van der Waals surface area contributed by atoms with Crippen LogP contribution in [0.1, 0.15) is 35.7 Å². The van der Waals surface area contributed by atoms with Crippen LogP contribution >= 0.6 is 15.9 Å². The van der Waals surface area contributed by atoms with Gasteiger partial charge in [-0.2, -0.15) is 0 Å². The van der Waals surface area contributed by atoms with E-state index in [1.54, 1.807) is 36.4 Å². The SMILES string of the molecule is CCCOc1ccc(Br)cc1C(=O)Nc1ccc(NC(=O)CCc2ccccc2)cc1. The number of hydrogen-bond acceptors (Lipinski definition) is 3. The lowest BCUT2D eigenvalue weighted by Crippen LogP contribution is -2.14. The molecule has 0 spiro atoms. The molecule has 0 unspecified atom stereocenters. The molecule has 0 fully saturated rings. The quantitative estimate of drug-likeness (QED) is 0.390. The van der Waals surface area contributed by atoms with Gasteiger partial charge in [0.1, 0.15) is 5.75 Å². The van der Waals surface area contributed by atoms with Crippen molar-refractivity contribution in [3.63, 3.8) is 0 Å². The number of amides is 2. The van der Waals surface area contributed by atoms with Gasteiger partial charge < -0.3 is 15.4 Å². The molecule has 0 aromatic heterocycles. The van der Waals surface area contributed by atoms with Crippen LogP contribution in [0.15, 0.2) is 77.3 Å². The number of ether oxygens (including phenoxy) is 1. The molecule has 6 heteroatoms. The molecule has 0 aliphatic heterocycles. The maximum absolute atomic E-state index is 12.8. The van der Waals surface area contributed by atoms with Crippen molar-refractivity contribution in [3.8, 4) is 5.75 Å². The Kier molecular flexibility index (Phi) is 8.24. The normalized spacial score (nSPS) is 10.4. The maximum Gasteiger partial charge on any atom is 0.259 e. The summed E-state index contributed by atoms with van der Waals surface area (Å²) in [7, 11) is 0. The Morgan fingerprint density at radius 2 is 1.58 bits per heavy atom. The summed E-state index contributed by atoms with van der Waals surface area (Å²) < 4.78 is 6.49. The zero-order chi connectivity index (χ0) is 22.1. The molecular weight excluding hydrogens is 456 g/mol. The topological polar surface area (TPSA) is 67.4 Å². The number of halogens is 1. The molecule has 2 amide bonds. The van der Waals surface area contributed by atoms with E-state index >= 15 is 0 Å². The highest BCUT2D eigenvalue weighted by atomic mass is 79.9. The molecule has 0 saturated carbocycles. The molecule has 0 heterocycles. The monoisotopic (exact) mass is 480 g/mol. The first kappa shape index (κ1) is 22.6. The predicted octanol–water partition coefficient (Wildman–Crippen LogP) is 6.06. The van der Waals surface area contributed by atoms with E-state index in [0.717, 1.165) is 16.5 Å². The minimum absolute atomic E-state index is 0.0486. The van der Waals surface area contributed by atoms with Gasteiger partial charge >= 0.3 is 0 Å². The summed E-state index contributed by atoms with van der Waals surface area (Å²) in [6.07, 6.45) is 1.96. The first-order valence-corrected chi connectivity index (χ1v) is 11.0. The largest absolute Gasteiger partial charge is 0.493 e. The van der Waals surface area contributed by atoms with E-state index in [1.807, 2.05) is 43.3 Å². The fourth-order valence-electron chi connectivity index (χ4n) is 2.98. The van der Waals surface area contributed by atoms with Crippen LogP contribution in [0.4, 0.5) is 11.4 Å². The number of hydrogen-bond donors (Lipinski definition) is 2. The van der Waals surface area contributed by atoms with Crippen molar-refractivity contribution < 1.29 is 14.3 Å². The summed E-state index contributed by atoms with van der Waals surface area (Å²) in [4.78, 5) is 24.9. The number of carbonyl (C=O) groups is 2. The summed E-state index contributed by atoms with van der Waals surface area (Å²) in [5, 5.41) is 5.76. The van der Waals surface area contributed by atoms with Gasteiger partial charge in [-0.15, -0.1) is 0 Å². The zero-order valence-corrected chi connectivity index (χ0v) is 18.9. The highest BCUT2D eigenvalue weighted by molar-refractivity contribution is 9.10. The van der Waals surface area contributed by atoms with Gasteiger partial charge in [0.25, 0.3) is 5.91 Å². The van der Waals surface area contributed by atoms with Crippen LogP contribution in [-0.2, 0) is 11.2 Å². The lowest BCUT2D eigenvalue weighted by Gasteiger charge is -2.12. The van der Waals surface area contributed by atoms with E-state index < -0.39 is 0 Å². The standard InChI is InChI=1S/C25H25BrN2O3/c1-2-16-31-23-14-9-19(26)17-22(23)25(30)28-21-12-10-20(11-13-21)27-24(29)15-8-18-6-4-3-5-7-18/h3-7,9-14,17H,2,8,15-16H2,1H3,(H,27,29)(H,28,30). The van der Waals surface area contributed by atoms with Gasteiger partial charge in [-0.25, -0.2) is 0 Å². The number of aryl methyl sites for hydroxylation is 1. The fraction of sp³-hybridized carbons (Fsp3) is 0.200. The molecule has 0 aliphatic carbocycles. The predicted molar refractivity (Wildman–Crippen MR) is 128 cm³/mol. The van der Waals surface area contributed by atoms with Gasteiger partial charge in [-0.3, -0.25) is 9.59 Å². The number of rotatable bonds is 9. The van der Waals surface area contributed by atoms with Crippen LogP contribution in [0.25, 0.3) is 0 Å². The molecule has 31 heavy (non-hydrogen) atoms. The Bertz CT molecular complexity index is 1020. The van der Waals surface area contributed by atoms with Gasteiger partial charge in [-0.05, 0) is 60.9 Å². The van der Waals surface area contributed by atoms with E-state index in [1.165, 1.54) is 0 Å². The van der Waals surface area contributed by atoms with Gasteiger partial charge in [0, 0.05) is 22.3 Å². The fourth-order valence-corrected chi connectivity index (χ4v) is 3.34. The van der Waals surface area contributed by atoms with Crippen molar-refractivity contribution >= 4 is 39.1 Å². The van der Waals surface area contributed by atoms with Gasteiger partial charge in [0.05, 0.1) is 12.2 Å². The molecule has 0 bridgehead atoms. The highest BCUT2D eigenvalue weighted by Crippen LogP contribution is 2.25. The summed E-state index contributed by atoms with van der Waals surface area (Å²) in [5.74, 6) is 0.240. The molecule has 160 valence electrons. The second kappa shape index (κ2) is 11.3. The number of benzene rings is 3. The van der Waals surface area contributed by atoms with Gasteiger partial charge in [-0.1, -0.05) is 53.2 Å². The first-order valence-electron chi connectivity index (χ1n) is 10.2. The first-order chi connectivity index (χ1) is 15.0. The lowest BCUT2D eigenvalue weighted by molar-refractivity contribution is -0.116. The summed E-state index contributed by atoms with van der Waals surface area (Å²) >= 11 is 3.40. The smallest absolute Gasteiger partial charge is 0.259 e. The Balaban J connectivity index is 1.57. The van der Waals surface area contributed by atoms with Crippen molar-refractivity contribution in [2.75, 3.05) is 17.2 Å². The van der Waals surface area contributed by atoms with E-state index in [2.05, 4.69) is 26.6 Å². The summed E-state index contributed by atoms with van der Waals surface area (Å²) in [5.41, 5.74) is 2.91. The molecule has 0 aliphatic rings. The van der Waals surface area contributed by atoms with Crippen LogP contribution in [0.3, 0.4) is 0 Å². The summed E-state index contributed by atoms with van der Waals surface area (Å²) in [6.45, 7) is 2.56. The van der Waals surface area contributed by atoms with Gasteiger partial charge in [0.2, 0.25) is 5.91 Å². The third-order valence-electron chi connectivity index (χ3n) is 4.56. The average Bonchev–Trinajstić information content (AvgIpc) is 2.79. The van der Waals surface area contributed by atoms with Crippen LogP contribution < -0.4 is 15.4 Å².